The molecule has 1 atom stereocenters. The van der Waals surface area contributed by atoms with Gasteiger partial charge in [0.1, 0.15) is 6.04 Å². The van der Waals surface area contributed by atoms with Crippen LogP contribution in [0.15, 0.2) is 16.7 Å². The SMILES string of the molecule is Cc1noc([C@H]2COCCN2C(=O)c2ccc(C)s2)n1. The molecule has 7 heteroatoms. The van der Waals surface area contributed by atoms with Crippen molar-refractivity contribution in [3.8, 4) is 0 Å². The number of rotatable bonds is 2. The van der Waals surface area contributed by atoms with E-state index in [2.05, 4.69) is 10.1 Å². The third-order valence-corrected chi connectivity index (χ3v) is 4.16. The Balaban J connectivity index is 1.87. The van der Waals surface area contributed by atoms with E-state index in [0.29, 0.717) is 31.5 Å². The maximum absolute atomic E-state index is 12.6. The number of hydrogen-bond acceptors (Lipinski definition) is 6. The smallest absolute Gasteiger partial charge is 0.264 e. The topological polar surface area (TPSA) is 68.5 Å². The van der Waals surface area contributed by atoms with Crippen molar-refractivity contribution in [2.45, 2.75) is 19.9 Å². The van der Waals surface area contributed by atoms with Crippen LogP contribution in [0.25, 0.3) is 0 Å². The molecule has 0 unspecified atom stereocenters. The van der Waals surface area contributed by atoms with E-state index in [9.17, 15) is 4.79 Å². The fourth-order valence-electron chi connectivity index (χ4n) is 2.19. The monoisotopic (exact) mass is 293 g/mol. The third-order valence-electron chi connectivity index (χ3n) is 3.17. The first kappa shape index (κ1) is 13.3. The number of amides is 1. The second-order valence-corrected chi connectivity index (χ2v) is 5.97. The van der Waals surface area contributed by atoms with Gasteiger partial charge in [0.15, 0.2) is 5.82 Å². The Bertz CT molecular complexity index is 622. The molecule has 0 bridgehead atoms. The van der Waals surface area contributed by atoms with E-state index in [1.54, 1.807) is 11.8 Å². The van der Waals surface area contributed by atoms with Gasteiger partial charge in [0.25, 0.3) is 11.8 Å². The molecule has 3 rings (SSSR count). The highest BCUT2D eigenvalue weighted by molar-refractivity contribution is 7.13. The summed E-state index contributed by atoms with van der Waals surface area (Å²) in [4.78, 5) is 20.4. The first-order chi connectivity index (χ1) is 9.65. The Morgan fingerprint density at radius 2 is 2.30 bits per heavy atom. The predicted octanol–water partition coefficient (Wildman–Crippen LogP) is 1.96. The molecule has 0 aromatic carbocycles. The van der Waals surface area contributed by atoms with Crippen LogP contribution in [0, 0.1) is 13.8 Å². The molecule has 1 aliphatic rings. The minimum Gasteiger partial charge on any atom is -0.377 e. The molecule has 0 saturated carbocycles. The fraction of sp³-hybridized carbons (Fsp3) is 0.462. The van der Waals surface area contributed by atoms with Crippen molar-refractivity contribution in [3.05, 3.63) is 33.6 Å². The van der Waals surface area contributed by atoms with Crippen LogP contribution in [0.3, 0.4) is 0 Å². The molecule has 0 aliphatic carbocycles. The summed E-state index contributed by atoms with van der Waals surface area (Å²) >= 11 is 1.49. The number of carbonyl (C=O) groups is 1. The van der Waals surface area contributed by atoms with Crippen LogP contribution in [-0.2, 0) is 4.74 Å². The normalized spacial score (nSPS) is 19.3. The van der Waals surface area contributed by atoms with Crippen LogP contribution in [0.5, 0.6) is 0 Å². The lowest BCUT2D eigenvalue weighted by Gasteiger charge is -2.32. The molecular formula is C13H15N3O3S. The number of thiophene rings is 1. The highest BCUT2D eigenvalue weighted by atomic mass is 32.1. The summed E-state index contributed by atoms with van der Waals surface area (Å²) in [6.45, 7) is 5.18. The quantitative estimate of drug-likeness (QED) is 0.846. The van der Waals surface area contributed by atoms with E-state index in [-0.39, 0.29) is 11.9 Å². The molecule has 1 fully saturated rings. The Labute approximate surface area is 120 Å². The Morgan fingerprint density at radius 3 is 2.95 bits per heavy atom. The van der Waals surface area contributed by atoms with Crippen LogP contribution >= 0.6 is 11.3 Å². The highest BCUT2D eigenvalue weighted by Gasteiger charge is 2.33. The Hall–Kier alpha value is -1.73. The molecule has 20 heavy (non-hydrogen) atoms. The van der Waals surface area contributed by atoms with Gasteiger partial charge in [-0.3, -0.25) is 4.79 Å². The summed E-state index contributed by atoms with van der Waals surface area (Å²) in [7, 11) is 0. The molecule has 2 aromatic heterocycles. The van der Waals surface area contributed by atoms with E-state index < -0.39 is 0 Å². The molecular weight excluding hydrogens is 278 g/mol. The number of aromatic nitrogens is 2. The van der Waals surface area contributed by atoms with Crippen molar-refractivity contribution < 1.29 is 14.1 Å². The van der Waals surface area contributed by atoms with Crippen LogP contribution in [-0.4, -0.2) is 40.7 Å². The second kappa shape index (κ2) is 5.34. The molecule has 1 amide bonds. The van der Waals surface area contributed by atoms with Gasteiger partial charge in [0.05, 0.1) is 18.1 Å². The minimum absolute atomic E-state index is 0.00717. The molecule has 3 heterocycles. The summed E-state index contributed by atoms with van der Waals surface area (Å²) in [5.74, 6) is 0.987. The third kappa shape index (κ3) is 2.46. The van der Waals surface area contributed by atoms with Gasteiger partial charge in [-0.2, -0.15) is 4.98 Å². The number of hydrogen-bond donors (Lipinski definition) is 0. The van der Waals surface area contributed by atoms with Gasteiger partial charge in [-0.1, -0.05) is 5.16 Å². The Morgan fingerprint density at radius 1 is 1.45 bits per heavy atom. The minimum atomic E-state index is -0.306. The van der Waals surface area contributed by atoms with Gasteiger partial charge in [-0.25, -0.2) is 0 Å². The molecule has 0 spiro atoms. The number of carbonyl (C=O) groups excluding carboxylic acids is 1. The number of ether oxygens (including phenoxy) is 1. The molecule has 0 radical (unpaired) electrons. The molecule has 0 N–H and O–H groups in total. The largest absolute Gasteiger partial charge is 0.377 e. The van der Waals surface area contributed by atoms with E-state index >= 15 is 0 Å². The van der Waals surface area contributed by atoms with E-state index in [4.69, 9.17) is 9.26 Å². The standard InChI is InChI=1S/C13H15N3O3S/c1-8-3-4-11(20-8)13(17)16-5-6-18-7-10(16)12-14-9(2)15-19-12/h3-4,10H,5-7H2,1-2H3/t10-/m1/s1. The van der Waals surface area contributed by atoms with Crippen LogP contribution in [0.4, 0.5) is 0 Å². The first-order valence-electron chi connectivity index (χ1n) is 6.40. The van der Waals surface area contributed by atoms with E-state index in [1.807, 2.05) is 19.1 Å². The van der Waals surface area contributed by atoms with Crippen molar-refractivity contribution in [1.29, 1.82) is 0 Å². The fourth-order valence-corrected chi connectivity index (χ4v) is 3.01. The molecule has 6 nitrogen and oxygen atoms in total. The van der Waals surface area contributed by atoms with Gasteiger partial charge >= 0.3 is 0 Å². The zero-order valence-electron chi connectivity index (χ0n) is 11.3. The summed E-state index contributed by atoms with van der Waals surface area (Å²) in [6.07, 6.45) is 0. The van der Waals surface area contributed by atoms with Gasteiger partial charge in [0.2, 0.25) is 0 Å². The van der Waals surface area contributed by atoms with E-state index in [1.165, 1.54) is 11.3 Å². The van der Waals surface area contributed by atoms with Crippen molar-refractivity contribution in [3.63, 3.8) is 0 Å². The average Bonchev–Trinajstić information content (AvgIpc) is 3.07. The average molecular weight is 293 g/mol. The highest BCUT2D eigenvalue weighted by Crippen LogP contribution is 2.27. The lowest BCUT2D eigenvalue weighted by molar-refractivity contribution is -0.0116. The number of aryl methyl sites for hydroxylation is 2. The lowest BCUT2D eigenvalue weighted by Crippen LogP contribution is -2.43. The second-order valence-electron chi connectivity index (χ2n) is 4.68. The molecule has 1 saturated heterocycles. The van der Waals surface area contributed by atoms with Gasteiger partial charge in [0, 0.05) is 11.4 Å². The molecule has 2 aromatic rings. The van der Waals surface area contributed by atoms with Crippen molar-refractivity contribution in [1.82, 2.24) is 15.0 Å². The van der Waals surface area contributed by atoms with E-state index in [0.717, 1.165) is 9.75 Å². The van der Waals surface area contributed by atoms with Crippen LogP contribution < -0.4 is 0 Å². The summed E-state index contributed by atoms with van der Waals surface area (Å²) in [5.41, 5.74) is 0. The Kier molecular flexibility index (Phi) is 3.54. The van der Waals surface area contributed by atoms with Gasteiger partial charge in [-0.05, 0) is 26.0 Å². The summed E-state index contributed by atoms with van der Waals surface area (Å²) in [5, 5.41) is 3.79. The van der Waals surface area contributed by atoms with Crippen LogP contribution in [0.1, 0.15) is 32.3 Å². The maximum atomic E-state index is 12.6. The number of morpholine rings is 1. The van der Waals surface area contributed by atoms with Crippen molar-refractivity contribution >= 4 is 17.2 Å². The first-order valence-corrected chi connectivity index (χ1v) is 7.22. The maximum Gasteiger partial charge on any atom is 0.264 e. The zero-order valence-corrected chi connectivity index (χ0v) is 12.1. The van der Waals surface area contributed by atoms with Crippen LogP contribution in [0.2, 0.25) is 0 Å². The predicted molar refractivity (Wildman–Crippen MR) is 72.7 cm³/mol. The lowest BCUT2D eigenvalue weighted by atomic mass is 10.2. The van der Waals surface area contributed by atoms with Crippen molar-refractivity contribution in [2.24, 2.45) is 0 Å². The number of nitrogens with zero attached hydrogens (tertiary/aromatic N) is 3. The summed E-state index contributed by atoms with van der Waals surface area (Å²) < 4.78 is 10.6. The van der Waals surface area contributed by atoms with Crippen molar-refractivity contribution in [2.75, 3.05) is 19.8 Å². The van der Waals surface area contributed by atoms with Gasteiger partial charge in [-0.15, -0.1) is 11.3 Å². The van der Waals surface area contributed by atoms with Gasteiger partial charge < -0.3 is 14.2 Å². The molecule has 1 aliphatic heterocycles. The summed E-state index contributed by atoms with van der Waals surface area (Å²) in [6, 6.07) is 3.50. The molecule has 106 valence electrons. The zero-order chi connectivity index (χ0) is 14.1.